The molecule has 2 bridgehead atoms. The molecule has 3 aromatic rings. The van der Waals surface area contributed by atoms with E-state index < -0.39 is 31.3 Å². The van der Waals surface area contributed by atoms with Crippen molar-refractivity contribution in [2.45, 2.75) is 87.8 Å². The number of carbonyl (C=O) groups excluding carboxylic acids is 1. The van der Waals surface area contributed by atoms with E-state index in [1.54, 1.807) is 0 Å². The van der Waals surface area contributed by atoms with Crippen LogP contribution in [-0.4, -0.2) is 39.8 Å². The fourth-order valence-electron chi connectivity index (χ4n) is 7.08. The highest BCUT2D eigenvalue weighted by atomic mass is 32.3. The smallest absolute Gasteiger partial charge is 0.278 e. The highest BCUT2D eigenvalue weighted by Crippen LogP contribution is 2.75. The van der Waals surface area contributed by atoms with Gasteiger partial charge >= 0.3 is 0 Å². The van der Waals surface area contributed by atoms with Gasteiger partial charge in [0.2, 0.25) is 0 Å². The summed E-state index contributed by atoms with van der Waals surface area (Å²) in [6.07, 6.45) is 4.10. The summed E-state index contributed by atoms with van der Waals surface area (Å²) in [6, 6.07) is 22.6. The minimum atomic E-state index is -4.34. The quantitative estimate of drug-likeness (QED) is 0.151. The van der Waals surface area contributed by atoms with Crippen molar-refractivity contribution in [1.29, 1.82) is 0 Å². The lowest BCUT2D eigenvalue weighted by molar-refractivity contribution is -0.128. The van der Waals surface area contributed by atoms with E-state index in [9.17, 15) is 13.2 Å². The van der Waals surface area contributed by atoms with Gasteiger partial charge < -0.3 is 14.2 Å². The minimum Gasteiger partial charge on any atom is -0.493 e. The molecule has 250 valence electrons. The van der Waals surface area contributed by atoms with E-state index in [2.05, 4.69) is 0 Å². The lowest BCUT2D eigenvalue weighted by Gasteiger charge is -2.42. The maximum Gasteiger partial charge on any atom is 0.278 e. The molecule has 2 atom stereocenters. The number of hydrogen-bond acceptors (Lipinski definition) is 7. The third kappa shape index (κ3) is 6.30. The van der Waals surface area contributed by atoms with Crippen molar-refractivity contribution in [2.75, 3.05) is 25.6 Å². The molecule has 2 unspecified atom stereocenters. The van der Waals surface area contributed by atoms with Gasteiger partial charge in [-0.15, -0.1) is 0 Å². The van der Waals surface area contributed by atoms with Crippen LogP contribution in [0.4, 0.5) is 0 Å². The van der Waals surface area contributed by atoms with Crippen LogP contribution in [0.5, 0.6) is 17.2 Å². The van der Waals surface area contributed by atoms with Gasteiger partial charge in [0.05, 0.1) is 31.0 Å². The van der Waals surface area contributed by atoms with Crippen molar-refractivity contribution < 1.29 is 31.1 Å². The minimum absolute atomic E-state index is 0.0253. The molecule has 2 saturated carbocycles. The maximum atomic E-state index is 14.7. The van der Waals surface area contributed by atoms with Gasteiger partial charge in [-0.05, 0) is 78.0 Å². The first-order valence-electron chi connectivity index (χ1n) is 16.5. The predicted molar refractivity (Wildman–Crippen MR) is 183 cm³/mol. The lowest BCUT2D eigenvalue weighted by atomic mass is 9.70. The van der Waals surface area contributed by atoms with Gasteiger partial charge in [-0.3, -0.25) is 4.79 Å². The topological polar surface area (TPSA) is 88.1 Å². The van der Waals surface area contributed by atoms with Gasteiger partial charge in [0, 0.05) is 28.3 Å². The number of Topliss-reactive ketones (excluding diaryl/α,β-unsaturated/α-hetero) is 1. The van der Waals surface area contributed by atoms with Crippen molar-refractivity contribution in [3.63, 3.8) is 0 Å². The maximum absolute atomic E-state index is 14.7. The Hall–Kier alpha value is -3.01. The van der Waals surface area contributed by atoms with Gasteiger partial charge in [0.15, 0.2) is 0 Å². The van der Waals surface area contributed by atoms with Crippen molar-refractivity contribution in [3.8, 4) is 17.2 Å². The number of ketones is 1. The molecule has 2 aliphatic carbocycles. The highest BCUT2D eigenvalue weighted by molar-refractivity contribution is 8.33. The molecule has 9 heteroatoms. The summed E-state index contributed by atoms with van der Waals surface area (Å²) in [5.74, 6) is 1.32. The molecule has 0 saturated heterocycles. The van der Waals surface area contributed by atoms with Crippen LogP contribution >= 0.6 is 10.3 Å². The van der Waals surface area contributed by atoms with E-state index in [0.29, 0.717) is 64.6 Å². The first kappa shape index (κ1) is 34.3. The summed E-state index contributed by atoms with van der Waals surface area (Å²) in [7, 11) is -7.41. The number of carbonyl (C=O) groups is 1. The molecule has 0 spiro atoms. The summed E-state index contributed by atoms with van der Waals surface area (Å²) in [5.41, 5.74) is -1.43. The Morgan fingerprint density at radius 3 is 1.70 bits per heavy atom. The molecule has 0 N–H and O–H groups in total. The van der Waals surface area contributed by atoms with Crippen LogP contribution in [0.15, 0.2) is 87.5 Å². The molecule has 3 aromatic carbocycles. The molecule has 2 aliphatic rings. The highest BCUT2D eigenvalue weighted by Gasteiger charge is 2.66. The van der Waals surface area contributed by atoms with Crippen LogP contribution < -0.4 is 14.2 Å². The molecule has 0 aliphatic heterocycles. The Labute approximate surface area is 276 Å². The number of rotatable bonds is 16. The molecule has 5 rings (SSSR count). The summed E-state index contributed by atoms with van der Waals surface area (Å²) < 4.78 is 55.3. The Balaban J connectivity index is 1.80. The van der Waals surface area contributed by atoms with Gasteiger partial charge in [0.1, 0.15) is 27.9 Å². The van der Waals surface area contributed by atoms with E-state index in [1.807, 2.05) is 107 Å². The van der Waals surface area contributed by atoms with Crippen LogP contribution in [-0.2, 0) is 18.5 Å². The third-order valence-corrected chi connectivity index (χ3v) is 14.9. The van der Waals surface area contributed by atoms with Crippen LogP contribution in [0, 0.1) is 16.7 Å². The average molecular weight is 669 g/mol. The number of ether oxygens (including phenoxy) is 3. The zero-order valence-corrected chi connectivity index (χ0v) is 29.4. The molecule has 0 aromatic heterocycles. The van der Waals surface area contributed by atoms with E-state index >= 15 is 0 Å². The summed E-state index contributed by atoms with van der Waals surface area (Å²) in [6.45, 7) is 11.5. The van der Waals surface area contributed by atoms with Crippen LogP contribution in [0.25, 0.3) is 0 Å². The Kier molecular flexibility index (Phi) is 10.4. The average Bonchev–Trinajstić information content (AvgIpc) is 3.39. The molecule has 0 amide bonds. The van der Waals surface area contributed by atoms with E-state index in [-0.39, 0.29) is 17.5 Å². The molecular weight excluding hydrogens is 621 g/mol. The fourth-order valence-corrected chi connectivity index (χ4v) is 13.3. The van der Waals surface area contributed by atoms with Gasteiger partial charge in [-0.25, -0.2) is 3.63 Å². The molecule has 0 radical (unpaired) electrons. The molecule has 46 heavy (non-hydrogen) atoms. The number of hydrogen-bond donors (Lipinski definition) is 0. The second-order valence-electron chi connectivity index (χ2n) is 12.9. The largest absolute Gasteiger partial charge is 0.493 e. The predicted octanol–water partition coefficient (Wildman–Crippen LogP) is 8.99. The first-order valence-corrected chi connectivity index (χ1v) is 19.6. The van der Waals surface area contributed by atoms with Crippen molar-refractivity contribution in [1.82, 2.24) is 0 Å². The van der Waals surface area contributed by atoms with Gasteiger partial charge in [-0.1, -0.05) is 71.0 Å². The molecule has 7 nitrogen and oxygen atoms in total. The number of benzene rings is 3. The molecule has 0 heterocycles. The van der Waals surface area contributed by atoms with Gasteiger partial charge in [0.25, 0.3) is 10.1 Å². The molecule has 2 fully saturated rings. The summed E-state index contributed by atoms with van der Waals surface area (Å²) >= 11 is 0. The van der Waals surface area contributed by atoms with Crippen LogP contribution in [0.1, 0.15) is 73.1 Å². The SMILES string of the molecule is CCCOc1cc(OCCC)c(S(OS(=O)(=O)CC23CCC(CC2=O)C3(C)C)(c2ccccc2)c2ccccc2)c(OCCC)c1. The van der Waals surface area contributed by atoms with Crippen molar-refractivity contribution in [3.05, 3.63) is 72.8 Å². The second kappa shape index (κ2) is 14.0. The zero-order chi connectivity index (χ0) is 33.0. The lowest BCUT2D eigenvalue weighted by Crippen LogP contribution is -2.42. The van der Waals surface area contributed by atoms with Crippen LogP contribution in [0.2, 0.25) is 0 Å². The fraction of sp³-hybridized carbons (Fsp3) is 0.486. The first-order chi connectivity index (χ1) is 22.0. The second-order valence-corrected chi connectivity index (χ2v) is 17.3. The van der Waals surface area contributed by atoms with Crippen molar-refractivity contribution in [2.24, 2.45) is 16.7 Å². The summed E-state index contributed by atoms with van der Waals surface area (Å²) in [4.78, 5) is 15.4. The Morgan fingerprint density at radius 1 is 0.761 bits per heavy atom. The standard InChI is InChI=1S/C37H48O7S2/c1-6-21-41-29-25-32(42-22-7-2)35(33(26-29)43-23-8-3)46(30-15-11-9-12-16-30,31-17-13-10-14-18-31)44-45(39,40)27-37-20-19-28(24-34(37)38)36(37,4)5/h9-18,25-26,28H,6-8,19-24,27H2,1-5H3. The van der Waals surface area contributed by atoms with Crippen LogP contribution in [0.3, 0.4) is 0 Å². The summed E-state index contributed by atoms with van der Waals surface area (Å²) in [5, 5.41) is 0. The zero-order valence-electron chi connectivity index (χ0n) is 27.8. The van der Waals surface area contributed by atoms with Crippen molar-refractivity contribution >= 4 is 26.2 Å². The number of fused-ring (bicyclic) bond motifs is 2. The third-order valence-electron chi connectivity index (χ3n) is 9.60. The normalized spacial score (nSPS) is 20.9. The Morgan fingerprint density at radius 2 is 1.26 bits per heavy atom. The van der Waals surface area contributed by atoms with E-state index in [0.717, 1.165) is 25.7 Å². The molecular formula is C37H48O7S2. The van der Waals surface area contributed by atoms with Gasteiger partial charge in [-0.2, -0.15) is 8.42 Å². The monoisotopic (exact) mass is 668 g/mol. The van der Waals surface area contributed by atoms with E-state index in [1.165, 1.54) is 0 Å². The Bertz CT molecular complexity index is 1540. The van der Waals surface area contributed by atoms with E-state index in [4.69, 9.17) is 17.8 Å².